The summed E-state index contributed by atoms with van der Waals surface area (Å²) >= 11 is 0.0626. The first kappa shape index (κ1) is 8.44. The summed E-state index contributed by atoms with van der Waals surface area (Å²) in [5.74, 6) is 1.61. The Labute approximate surface area is 98.2 Å². The fourth-order valence-corrected chi connectivity index (χ4v) is 5.19. The summed E-state index contributed by atoms with van der Waals surface area (Å²) in [4.78, 5) is 0. The number of H-pyrrole nitrogens is 1. The van der Waals surface area contributed by atoms with Gasteiger partial charge in [0, 0.05) is 14.8 Å². The molecule has 1 N–H and O–H groups in total. The summed E-state index contributed by atoms with van der Waals surface area (Å²) in [6.07, 6.45) is 5.91. The molecule has 1 aromatic heterocycles. The van der Waals surface area contributed by atoms with Crippen molar-refractivity contribution in [2.45, 2.75) is 19.3 Å². The van der Waals surface area contributed by atoms with Gasteiger partial charge in [-0.2, -0.15) is 5.10 Å². The zero-order valence-corrected chi connectivity index (χ0v) is 10.6. The number of fused-ring (bicyclic) bond motifs is 5. The van der Waals surface area contributed by atoms with E-state index in [-0.39, 0.29) is 20.7 Å². The Morgan fingerprint density at radius 1 is 1.47 bits per heavy atom. The lowest BCUT2D eigenvalue weighted by Crippen LogP contribution is -2.01. The standard InChI is InChI=1S/C12H11IN2/c1-6-10-9-5-8(9)7-3-2-4-13-11(7)12(10)15-14-6/h2-4,8-9H,5H2,1H3,(H,14,15)/t8-,9?/m1/s1. The highest BCUT2D eigenvalue weighted by atomic mass is 127. The van der Waals surface area contributed by atoms with Crippen LogP contribution in [0.1, 0.15) is 29.3 Å². The van der Waals surface area contributed by atoms with Crippen molar-refractivity contribution in [2.24, 2.45) is 5.92 Å². The molecule has 0 aromatic carbocycles. The van der Waals surface area contributed by atoms with Crippen LogP contribution in [0.4, 0.5) is 0 Å². The van der Waals surface area contributed by atoms with Gasteiger partial charge in [-0.3, -0.25) is 5.10 Å². The van der Waals surface area contributed by atoms with Gasteiger partial charge < -0.3 is 0 Å². The molecule has 4 rings (SSSR count). The number of halogens is 1. The van der Waals surface area contributed by atoms with Gasteiger partial charge >= 0.3 is 0 Å². The molecule has 1 unspecified atom stereocenters. The smallest absolute Gasteiger partial charge is 0.102 e. The Bertz CT molecular complexity index is 548. The number of nitrogens with zero attached hydrogens (tertiary/aromatic N) is 1. The van der Waals surface area contributed by atoms with Crippen LogP contribution in [0, 0.1) is 12.8 Å². The van der Waals surface area contributed by atoms with Crippen molar-refractivity contribution in [2.75, 3.05) is 0 Å². The Hall–Kier alpha value is -0.710. The molecule has 1 aromatic rings. The summed E-state index contributed by atoms with van der Waals surface area (Å²) in [5.41, 5.74) is 5.73. The van der Waals surface area contributed by atoms with Gasteiger partial charge in [0.15, 0.2) is 0 Å². The minimum atomic E-state index is 0.0626. The van der Waals surface area contributed by atoms with Gasteiger partial charge in [-0.1, -0.05) is 32.9 Å². The molecule has 2 nitrogen and oxygen atoms in total. The maximum absolute atomic E-state index is 4.51. The monoisotopic (exact) mass is 310 g/mol. The Morgan fingerprint density at radius 3 is 3.33 bits per heavy atom. The summed E-state index contributed by atoms with van der Waals surface area (Å²) in [7, 11) is 0. The third-order valence-electron chi connectivity index (χ3n) is 3.54. The van der Waals surface area contributed by atoms with Crippen LogP contribution in [0.25, 0.3) is 3.58 Å². The highest BCUT2D eigenvalue weighted by molar-refractivity contribution is 14.2. The molecule has 3 aliphatic rings. The average Bonchev–Trinajstić information content (AvgIpc) is 2.97. The zero-order valence-electron chi connectivity index (χ0n) is 8.42. The molecule has 0 radical (unpaired) electrons. The van der Waals surface area contributed by atoms with Crippen LogP contribution < -0.4 is 0 Å². The number of aryl methyl sites for hydroxylation is 1. The molecule has 15 heavy (non-hydrogen) atoms. The molecule has 1 aliphatic heterocycles. The average molecular weight is 310 g/mol. The quantitative estimate of drug-likeness (QED) is 0.734. The number of allylic oxidation sites excluding steroid dienone is 3. The van der Waals surface area contributed by atoms with Crippen LogP contribution in [0.15, 0.2) is 17.7 Å². The van der Waals surface area contributed by atoms with Crippen molar-refractivity contribution >= 4 is 28.3 Å². The van der Waals surface area contributed by atoms with E-state index in [9.17, 15) is 0 Å². The van der Waals surface area contributed by atoms with Crippen molar-refractivity contribution in [3.05, 3.63) is 34.7 Å². The first-order valence-corrected chi connectivity index (χ1v) is 7.61. The summed E-state index contributed by atoms with van der Waals surface area (Å²) in [5, 5.41) is 7.67. The first-order valence-electron chi connectivity index (χ1n) is 5.29. The van der Waals surface area contributed by atoms with Crippen LogP contribution in [-0.4, -0.2) is 14.2 Å². The number of hydrogen-bond acceptors (Lipinski definition) is 1. The molecular weight excluding hydrogens is 299 g/mol. The van der Waals surface area contributed by atoms with Crippen molar-refractivity contribution < 1.29 is 0 Å². The normalized spacial score (nSPS) is 30.5. The van der Waals surface area contributed by atoms with E-state index in [1.165, 1.54) is 23.4 Å². The Kier molecular flexibility index (Phi) is 1.52. The SMILES string of the molecule is Cc1[nH]nc2c1C1C[C@@H]1C1=C2I=CC=C1. The van der Waals surface area contributed by atoms with E-state index in [1.54, 1.807) is 9.15 Å². The number of hydrogen-bond donors (Lipinski definition) is 1. The molecule has 0 bridgehead atoms. The molecule has 2 heterocycles. The number of rotatable bonds is 0. The molecule has 1 saturated carbocycles. The van der Waals surface area contributed by atoms with Gasteiger partial charge in [-0.25, -0.2) is 0 Å². The van der Waals surface area contributed by atoms with Gasteiger partial charge in [0.05, 0.1) is 0 Å². The minimum Gasteiger partial charge on any atom is -0.282 e. The molecule has 0 saturated heterocycles. The highest BCUT2D eigenvalue weighted by Gasteiger charge is 2.48. The Morgan fingerprint density at radius 2 is 2.40 bits per heavy atom. The van der Waals surface area contributed by atoms with Gasteiger partial charge in [0.2, 0.25) is 0 Å². The highest BCUT2D eigenvalue weighted by Crippen LogP contribution is 2.61. The minimum absolute atomic E-state index is 0.0626. The van der Waals surface area contributed by atoms with Crippen LogP contribution in [0.2, 0.25) is 0 Å². The topological polar surface area (TPSA) is 28.7 Å². The second-order valence-electron chi connectivity index (χ2n) is 4.42. The molecule has 2 aliphatic carbocycles. The van der Waals surface area contributed by atoms with Crippen molar-refractivity contribution in [1.29, 1.82) is 0 Å². The number of aromatic nitrogens is 2. The van der Waals surface area contributed by atoms with E-state index in [2.05, 4.69) is 33.3 Å². The first-order chi connectivity index (χ1) is 7.36. The summed E-state index contributed by atoms with van der Waals surface area (Å²) in [6, 6.07) is 0. The maximum Gasteiger partial charge on any atom is 0.102 e. The van der Waals surface area contributed by atoms with Crippen LogP contribution in [0.3, 0.4) is 0 Å². The van der Waals surface area contributed by atoms with Crippen LogP contribution in [-0.2, 0) is 0 Å². The number of nitrogens with one attached hydrogen (secondary N) is 1. The molecule has 0 spiro atoms. The van der Waals surface area contributed by atoms with Gasteiger partial charge in [0.1, 0.15) is 5.69 Å². The predicted octanol–water partition coefficient (Wildman–Crippen LogP) is 2.89. The van der Waals surface area contributed by atoms with Crippen molar-refractivity contribution in [1.82, 2.24) is 10.2 Å². The molecule has 1 fully saturated rings. The summed E-state index contributed by atoms with van der Waals surface area (Å²) < 4.78 is 3.92. The van der Waals surface area contributed by atoms with Gasteiger partial charge in [-0.15, -0.1) is 0 Å². The molecule has 3 heteroatoms. The molecular formula is C12H11IN2. The van der Waals surface area contributed by atoms with E-state index in [4.69, 9.17) is 0 Å². The molecule has 0 amide bonds. The zero-order chi connectivity index (χ0) is 9.99. The fraction of sp³-hybridized carbons (Fsp3) is 0.333. The number of aromatic amines is 1. The lowest BCUT2D eigenvalue weighted by molar-refractivity contribution is 0.946. The third kappa shape index (κ3) is 0.994. The summed E-state index contributed by atoms with van der Waals surface area (Å²) in [6.45, 7) is 2.16. The van der Waals surface area contributed by atoms with Gasteiger partial charge in [0.25, 0.3) is 0 Å². The van der Waals surface area contributed by atoms with E-state index in [0.29, 0.717) is 0 Å². The van der Waals surface area contributed by atoms with Crippen molar-refractivity contribution in [3.63, 3.8) is 0 Å². The fourth-order valence-electron chi connectivity index (χ4n) is 2.77. The maximum atomic E-state index is 4.51. The van der Waals surface area contributed by atoms with E-state index < -0.39 is 0 Å². The third-order valence-corrected chi connectivity index (χ3v) is 6.07. The predicted molar refractivity (Wildman–Crippen MR) is 70.3 cm³/mol. The van der Waals surface area contributed by atoms with Crippen LogP contribution in [0.5, 0.6) is 0 Å². The largest absolute Gasteiger partial charge is 0.282 e. The second kappa shape index (κ2) is 2.70. The Balaban J connectivity index is 2.06. The van der Waals surface area contributed by atoms with E-state index >= 15 is 0 Å². The molecule has 2 atom stereocenters. The van der Waals surface area contributed by atoms with E-state index in [1.807, 2.05) is 0 Å². The van der Waals surface area contributed by atoms with Crippen molar-refractivity contribution in [3.8, 4) is 0 Å². The van der Waals surface area contributed by atoms with Crippen LogP contribution >= 0.6 is 20.7 Å². The second-order valence-corrected chi connectivity index (χ2v) is 6.84. The lowest BCUT2D eigenvalue weighted by Gasteiger charge is -2.16. The lowest BCUT2D eigenvalue weighted by atomic mass is 9.95. The van der Waals surface area contributed by atoms with E-state index in [0.717, 1.165) is 11.8 Å². The van der Waals surface area contributed by atoms with Gasteiger partial charge in [-0.05, 0) is 34.8 Å². The molecule has 76 valence electrons.